The Morgan fingerprint density at radius 2 is 0.396 bits per heavy atom. The van der Waals surface area contributed by atoms with E-state index in [0.717, 1.165) is 114 Å². The summed E-state index contributed by atoms with van der Waals surface area (Å²) >= 11 is 0. The molecule has 0 aromatic carbocycles. The molecule has 17 nitrogen and oxygen atoms in total. The molecule has 5 atom stereocenters. The second kappa shape index (κ2) is 75.7. The number of aliphatic hydroxyl groups excluding tert-OH is 1. The van der Waals surface area contributed by atoms with E-state index in [9.17, 15) is 43.2 Å². The predicted molar refractivity (Wildman–Crippen MR) is 437 cm³/mol. The maximum Gasteiger partial charge on any atom is 0.472 e. The van der Waals surface area contributed by atoms with Gasteiger partial charge in [-0.3, -0.25) is 37.3 Å². The molecule has 0 aromatic rings. The molecule has 0 bridgehead atoms. The minimum atomic E-state index is -4.97. The second-order valence-electron chi connectivity index (χ2n) is 33.2. The first-order valence-corrected chi connectivity index (χ1v) is 47.7. The molecular formula is C87H170O17P2. The Kier molecular flexibility index (Phi) is 74.3. The van der Waals surface area contributed by atoms with Crippen LogP contribution in [0.5, 0.6) is 0 Å². The monoisotopic (exact) mass is 1550 g/mol. The number of hydrogen-bond acceptors (Lipinski definition) is 15. The minimum Gasteiger partial charge on any atom is -0.462 e. The Hall–Kier alpha value is -1.94. The van der Waals surface area contributed by atoms with Crippen molar-refractivity contribution in [3.05, 3.63) is 0 Å². The molecule has 0 aliphatic rings. The Balaban J connectivity index is 5.24. The summed E-state index contributed by atoms with van der Waals surface area (Å²) in [5.74, 6) is 1.03. The van der Waals surface area contributed by atoms with Gasteiger partial charge in [0, 0.05) is 25.7 Å². The number of aliphatic hydroxyl groups is 1. The zero-order chi connectivity index (χ0) is 78.1. The number of phosphoric ester groups is 2. The number of carbonyl (C=O) groups excluding carboxylic acids is 4. The van der Waals surface area contributed by atoms with Gasteiger partial charge in [-0.2, -0.15) is 0 Å². The van der Waals surface area contributed by atoms with Crippen LogP contribution >= 0.6 is 15.6 Å². The van der Waals surface area contributed by atoms with Gasteiger partial charge in [-0.15, -0.1) is 0 Å². The highest BCUT2D eigenvalue weighted by molar-refractivity contribution is 7.47. The molecule has 0 aliphatic carbocycles. The fourth-order valence-corrected chi connectivity index (χ4v) is 15.1. The molecule has 630 valence electrons. The summed E-state index contributed by atoms with van der Waals surface area (Å²) in [4.78, 5) is 73.3. The van der Waals surface area contributed by atoms with Crippen molar-refractivity contribution in [2.24, 2.45) is 23.7 Å². The van der Waals surface area contributed by atoms with E-state index >= 15 is 0 Å². The van der Waals surface area contributed by atoms with E-state index in [4.69, 9.17) is 37.0 Å². The summed E-state index contributed by atoms with van der Waals surface area (Å²) < 4.78 is 68.9. The number of ether oxygens (including phenoxy) is 4. The molecule has 0 fully saturated rings. The zero-order valence-corrected chi connectivity index (χ0v) is 71.9. The van der Waals surface area contributed by atoms with Gasteiger partial charge in [0.05, 0.1) is 26.4 Å². The highest BCUT2D eigenvalue weighted by Crippen LogP contribution is 2.45. The maximum atomic E-state index is 13.2. The van der Waals surface area contributed by atoms with E-state index in [1.807, 2.05) is 0 Å². The minimum absolute atomic E-state index is 0.106. The van der Waals surface area contributed by atoms with Crippen molar-refractivity contribution >= 4 is 39.5 Å². The molecule has 0 amide bonds. The van der Waals surface area contributed by atoms with E-state index < -0.39 is 97.5 Å². The SMILES string of the molecule is CC(C)CCCCCCCCCCCCCCCCCCCCC(=O)O[C@H](COC(=O)CCCCCCCCCCCCCCCCCCC(C)C)COP(=O)(O)OC[C@@H](O)COP(=O)(O)OC[C@@H](COC(=O)CCCCCCCCCCC(C)C)OC(=O)CCCCCCCCCCCCCCC(C)C. The van der Waals surface area contributed by atoms with Crippen molar-refractivity contribution < 1.29 is 80.2 Å². The van der Waals surface area contributed by atoms with Crippen LogP contribution in [0.3, 0.4) is 0 Å². The average Bonchev–Trinajstić information content (AvgIpc) is 0.903. The fourth-order valence-electron chi connectivity index (χ4n) is 13.5. The summed E-state index contributed by atoms with van der Waals surface area (Å²) in [5, 5.41) is 10.7. The topological polar surface area (TPSA) is 237 Å². The predicted octanol–water partition coefficient (Wildman–Crippen LogP) is 26.3. The van der Waals surface area contributed by atoms with Gasteiger partial charge >= 0.3 is 39.5 Å². The summed E-state index contributed by atoms with van der Waals surface area (Å²) in [6.45, 7) is 14.3. The summed E-state index contributed by atoms with van der Waals surface area (Å²) in [5.41, 5.74) is 0. The molecular weight excluding hydrogens is 1380 g/mol. The molecule has 0 saturated carbocycles. The van der Waals surface area contributed by atoms with Crippen molar-refractivity contribution in [2.75, 3.05) is 39.6 Å². The van der Waals surface area contributed by atoms with Crippen LogP contribution < -0.4 is 0 Å². The van der Waals surface area contributed by atoms with E-state index in [2.05, 4.69) is 55.4 Å². The lowest BCUT2D eigenvalue weighted by molar-refractivity contribution is -0.161. The van der Waals surface area contributed by atoms with Gasteiger partial charge in [0.15, 0.2) is 12.2 Å². The highest BCUT2D eigenvalue weighted by atomic mass is 31.2. The number of unbranched alkanes of at least 4 members (excludes halogenated alkanes) is 50. The first-order valence-electron chi connectivity index (χ1n) is 44.7. The largest absolute Gasteiger partial charge is 0.472 e. The standard InChI is InChI=1S/C87H170O17P2/c1-77(2)63-55-47-39-31-25-19-15-11-9-10-12-18-22-29-35-45-53-61-69-86(91)103-82(73-97-84(89)67-59-51-43-34-28-21-17-14-13-16-20-26-32-40-48-56-64-78(3)4)75-101-105(93,94)99-71-81(88)72-100-106(95,96)102-76-83(74-98-85(90)68-60-52-44-38-37-42-50-58-66-80(7)8)104-87(92)70-62-54-46-36-30-24-23-27-33-41-49-57-65-79(5)6/h77-83,88H,9-76H2,1-8H3,(H,93,94)(H,95,96)/t81-,82-,83-/m1/s1. The van der Waals surface area contributed by atoms with Crippen molar-refractivity contribution in [3.8, 4) is 0 Å². The lowest BCUT2D eigenvalue weighted by atomic mass is 10.0. The second-order valence-corrected chi connectivity index (χ2v) is 36.1. The van der Waals surface area contributed by atoms with Gasteiger partial charge < -0.3 is 33.8 Å². The number of phosphoric acid groups is 2. The maximum absolute atomic E-state index is 13.2. The third kappa shape index (κ3) is 80.1. The van der Waals surface area contributed by atoms with Crippen LogP contribution in [0.15, 0.2) is 0 Å². The molecule has 0 aromatic heterocycles. The summed E-state index contributed by atoms with van der Waals surface area (Å²) in [6, 6.07) is 0. The Morgan fingerprint density at radius 3 is 0.585 bits per heavy atom. The van der Waals surface area contributed by atoms with Crippen molar-refractivity contribution in [3.63, 3.8) is 0 Å². The van der Waals surface area contributed by atoms with Crippen LogP contribution in [-0.4, -0.2) is 96.7 Å². The summed E-state index contributed by atoms with van der Waals surface area (Å²) in [6.07, 6.45) is 65.3. The highest BCUT2D eigenvalue weighted by Gasteiger charge is 2.31. The van der Waals surface area contributed by atoms with Gasteiger partial charge in [0.25, 0.3) is 0 Å². The van der Waals surface area contributed by atoms with Crippen LogP contribution in [0.1, 0.15) is 453 Å². The van der Waals surface area contributed by atoms with Gasteiger partial charge in [0.2, 0.25) is 0 Å². The van der Waals surface area contributed by atoms with Gasteiger partial charge in [-0.1, -0.05) is 402 Å². The van der Waals surface area contributed by atoms with Crippen LogP contribution in [0.4, 0.5) is 0 Å². The van der Waals surface area contributed by atoms with E-state index in [1.54, 1.807) is 0 Å². The van der Waals surface area contributed by atoms with E-state index in [-0.39, 0.29) is 25.7 Å². The lowest BCUT2D eigenvalue weighted by Gasteiger charge is -2.21. The summed E-state index contributed by atoms with van der Waals surface area (Å²) in [7, 11) is -9.93. The quantitative estimate of drug-likeness (QED) is 0.0222. The zero-order valence-electron chi connectivity index (χ0n) is 70.1. The molecule has 0 saturated heterocycles. The molecule has 0 heterocycles. The molecule has 19 heteroatoms. The van der Waals surface area contributed by atoms with Crippen molar-refractivity contribution in [1.29, 1.82) is 0 Å². The number of rotatable bonds is 84. The van der Waals surface area contributed by atoms with Crippen LogP contribution in [0.25, 0.3) is 0 Å². The van der Waals surface area contributed by atoms with Crippen LogP contribution in [-0.2, 0) is 65.4 Å². The normalized spacial score (nSPS) is 13.9. The number of hydrogen-bond donors (Lipinski definition) is 3. The average molecular weight is 1550 g/mol. The fraction of sp³-hybridized carbons (Fsp3) is 0.954. The van der Waals surface area contributed by atoms with E-state index in [1.165, 1.54) is 257 Å². The molecule has 0 rings (SSSR count). The van der Waals surface area contributed by atoms with Gasteiger partial charge in [-0.25, -0.2) is 9.13 Å². The molecule has 3 N–H and O–H groups in total. The smallest absolute Gasteiger partial charge is 0.462 e. The molecule has 0 radical (unpaired) electrons. The van der Waals surface area contributed by atoms with Crippen molar-refractivity contribution in [2.45, 2.75) is 472 Å². The third-order valence-electron chi connectivity index (χ3n) is 20.3. The van der Waals surface area contributed by atoms with Crippen LogP contribution in [0.2, 0.25) is 0 Å². The third-order valence-corrected chi connectivity index (χ3v) is 22.2. The van der Waals surface area contributed by atoms with Crippen molar-refractivity contribution in [1.82, 2.24) is 0 Å². The first-order chi connectivity index (χ1) is 51.1. The molecule has 106 heavy (non-hydrogen) atoms. The van der Waals surface area contributed by atoms with E-state index in [0.29, 0.717) is 25.7 Å². The Labute approximate surface area is 651 Å². The Bertz CT molecular complexity index is 2060. The lowest BCUT2D eigenvalue weighted by Crippen LogP contribution is -2.30. The van der Waals surface area contributed by atoms with Crippen LogP contribution in [0, 0.1) is 23.7 Å². The first kappa shape index (κ1) is 104. The molecule has 0 spiro atoms. The number of esters is 4. The van der Waals surface area contributed by atoms with Gasteiger partial charge in [0.1, 0.15) is 19.3 Å². The molecule has 0 aliphatic heterocycles. The molecule has 2 unspecified atom stereocenters. The Morgan fingerprint density at radius 1 is 0.236 bits per heavy atom. The number of carbonyl (C=O) groups is 4. The van der Waals surface area contributed by atoms with Gasteiger partial charge in [-0.05, 0) is 49.4 Å².